The smallest absolute Gasteiger partial charge is 0.309 e. The fourth-order valence-electron chi connectivity index (χ4n) is 3.28. The number of carbonyl (C=O) groups is 2. The number of methoxy groups -OCH3 is 1. The predicted molar refractivity (Wildman–Crippen MR) is 66.3 cm³/mol. The van der Waals surface area contributed by atoms with Crippen molar-refractivity contribution in [3.8, 4) is 0 Å². The van der Waals surface area contributed by atoms with Crippen LogP contribution in [0.5, 0.6) is 0 Å². The van der Waals surface area contributed by atoms with E-state index in [9.17, 15) is 9.59 Å². The molecule has 0 N–H and O–H groups in total. The Labute approximate surface area is 106 Å². The van der Waals surface area contributed by atoms with Crippen molar-refractivity contribution in [1.82, 2.24) is 0 Å². The Morgan fingerprint density at radius 1 is 1.33 bits per heavy atom. The topological polar surface area (TPSA) is 46.6 Å². The highest BCUT2D eigenvalue weighted by atomic mass is 16.5. The average molecular weight is 245 g/mol. The molecule has 1 amide bonds. The van der Waals surface area contributed by atoms with E-state index < -0.39 is 0 Å². The number of amides is 1. The third-order valence-electron chi connectivity index (χ3n) is 4.07. The van der Waals surface area contributed by atoms with Gasteiger partial charge in [-0.3, -0.25) is 9.59 Å². The van der Waals surface area contributed by atoms with E-state index in [4.69, 9.17) is 4.74 Å². The molecule has 18 heavy (non-hydrogen) atoms. The molecule has 1 aliphatic carbocycles. The van der Waals surface area contributed by atoms with Gasteiger partial charge in [-0.25, -0.2) is 0 Å². The van der Waals surface area contributed by atoms with E-state index in [1.807, 2.05) is 29.2 Å². The molecule has 1 heterocycles. The van der Waals surface area contributed by atoms with Crippen molar-refractivity contribution in [2.75, 3.05) is 12.0 Å². The molecule has 2 aliphatic rings. The Bertz CT molecular complexity index is 526. The number of nitrogens with zero attached hydrogens (tertiary/aromatic N) is 1. The first-order valence-electron chi connectivity index (χ1n) is 6.11. The molecule has 1 aromatic rings. The van der Waals surface area contributed by atoms with Crippen LogP contribution in [0.15, 0.2) is 24.3 Å². The number of rotatable bonds is 1. The van der Waals surface area contributed by atoms with Crippen LogP contribution in [0.1, 0.15) is 24.8 Å². The summed E-state index contributed by atoms with van der Waals surface area (Å²) in [6.45, 7) is 1.57. The molecule has 94 valence electrons. The molecule has 0 bridgehead atoms. The van der Waals surface area contributed by atoms with Crippen molar-refractivity contribution in [1.29, 1.82) is 0 Å². The molecule has 0 spiro atoms. The SMILES string of the molecule is COC(=O)C1CC2C1c1ccccc1N2C(C)=O. The van der Waals surface area contributed by atoms with Crippen molar-refractivity contribution >= 4 is 17.6 Å². The number of carbonyl (C=O) groups excluding carboxylic acids is 2. The van der Waals surface area contributed by atoms with Gasteiger partial charge >= 0.3 is 5.97 Å². The van der Waals surface area contributed by atoms with Gasteiger partial charge in [0.25, 0.3) is 0 Å². The number of fused-ring (bicyclic) bond motifs is 3. The van der Waals surface area contributed by atoms with Gasteiger partial charge < -0.3 is 9.64 Å². The van der Waals surface area contributed by atoms with E-state index in [0.29, 0.717) is 6.42 Å². The summed E-state index contributed by atoms with van der Waals surface area (Å²) in [6, 6.07) is 7.96. The minimum Gasteiger partial charge on any atom is -0.469 e. The first-order valence-corrected chi connectivity index (χ1v) is 6.11. The molecule has 1 aromatic carbocycles. The quantitative estimate of drug-likeness (QED) is 0.707. The normalized spacial score (nSPS) is 28.1. The highest BCUT2D eigenvalue weighted by Crippen LogP contribution is 2.55. The fraction of sp³-hybridized carbons (Fsp3) is 0.429. The van der Waals surface area contributed by atoms with Gasteiger partial charge in [0.05, 0.1) is 13.0 Å². The summed E-state index contributed by atoms with van der Waals surface area (Å²) in [5, 5.41) is 0. The Morgan fingerprint density at radius 2 is 2.06 bits per heavy atom. The molecule has 1 saturated carbocycles. The van der Waals surface area contributed by atoms with Gasteiger partial charge in [-0.15, -0.1) is 0 Å². The summed E-state index contributed by atoms with van der Waals surface area (Å²) in [5.41, 5.74) is 2.05. The van der Waals surface area contributed by atoms with Gasteiger partial charge in [-0.1, -0.05) is 18.2 Å². The molecule has 3 atom stereocenters. The zero-order valence-corrected chi connectivity index (χ0v) is 10.4. The Kier molecular flexibility index (Phi) is 2.40. The second kappa shape index (κ2) is 3.83. The molecule has 0 radical (unpaired) electrons. The molecule has 4 nitrogen and oxygen atoms in total. The van der Waals surface area contributed by atoms with Gasteiger partial charge in [0, 0.05) is 24.6 Å². The third kappa shape index (κ3) is 1.32. The van der Waals surface area contributed by atoms with Crippen LogP contribution in [0.2, 0.25) is 0 Å². The number of ether oxygens (including phenoxy) is 1. The van der Waals surface area contributed by atoms with Crippen LogP contribution in [0, 0.1) is 5.92 Å². The van der Waals surface area contributed by atoms with Crippen LogP contribution in [0.4, 0.5) is 5.69 Å². The summed E-state index contributed by atoms with van der Waals surface area (Å²) in [7, 11) is 1.42. The second-order valence-corrected chi connectivity index (χ2v) is 4.91. The standard InChI is InChI=1S/C14H15NO3/c1-8(16)15-11-6-4-3-5-9(11)13-10(7-12(13)15)14(17)18-2/h3-6,10,12-13H,7H2,1-2H3. The number of hydrogen-bond acceptors (Lipinski definition) is 3. The van der Waals surface area contributed by atoms with Crippen molar-refractivity contribution in [3.63, 3.8) is 0 Å². The van der Waals surface area contributed by atoms with E-state index in [2.05, 4.69) is 0 Å². The summed E-state index contributed by atoms with van der Waals surface area (Å²) in [4.78, 5) is 25.3. The Balaban J connectivity index is 2.01. The van der Waals surface area contributed by atoms with Crippen molar-refractivity contribution < 1.29 is 14.3 Å². The van der Waals surface area contributed by atoms with Crippen LogP contribution in [0.3, 0.4) is 0 Å². The van der Waals surface area contributed by atoms with Gasteiger partial charge in [-0.2, -0.15) is 0 Å². The second-order valence-electron chi connectivity index (χ2n) is 4.91. The predicted octanol–water partition coefficient (Wildman–Crippen LogP) is 1.70. The van der Waals surface area contributed by atoms with E-state index in [0.717, 1.165) is 11.3 Å². The molecule has 1 aliphatic heterocycles. The van der Waals surface area contributed by atoms with E-state index >= 15 is 0 Å². The number of hydrogen-bond donors (Lipinski definition) is 0. The Hall–Kier alpha value is -1.84. The molecular weight excluding hydrogens is 230 g/mol. The summed E-state index contributed by atoms with van der Waals surface area (Å²) in [5.74, 6) is -0.127. The monoisotopic (exact) mass is 245 g/mol. The number of para-hydroxylation sites is 1. The molecule has 3 rings (SSSR count). The van der Waals surface area contributed by atoms with Crippen molar-refractivity contribution in [2.45, 2.75) is 25.3 Å². The summed E-state index contributed by atoms with van der Waals surface area (Å²) in [6.07, 6.45) is 0.700. The van der Waals surface area contributed by atoms with Crippen LogP contribution < -0.4 is 4.90 Å². The first kappa shape index (κ1) is 11.3. The van der Waals surface area contributed by atoms with Crippen molar-refractivity contribution in [2.24, 2.45) is 5.92 Å². The van der Waals surface area contributed by atoms with Crippen LogP contribution in [0.25, 0.3) is 0 Å². The largest absolute Gasteiger partial charge is 0.469 e. The lowest BCUT2D eigenvalue weighted by atomic mass is 9.68. The number of anilines is 1. The van der Waals surface area contributed by atoms with Gasteiger partial charge in [0.2, 0.25) is 5.91 Å². The number of esters is 1. The van der Waals surface area contributed by atoms with E-state index in [1.54, 1.807) is 6.92 Å². The highest BCUT2D eigenvalue weighted by molar-refractivity contribution is 5.96. The Morgan fingerprint density at radius 3 is 2.72 bits per heavy atom. The highest BCUT2D eigenvalue weighted by Gasteiger charge is 2.55. The lowest BCUT2D eigenvalue weighted by Crippen LogP contribution is -2.50. The maximum absolute atomic E-state index is 11.8. The molecule has 4 heteroatoms. The van der Waals surface area contributed by atoms with Crippen LogP contribution in [-0.4, -0.2) is 25.0 Å². The minimum absolute atomic E-state index is 0.0401. The maximum Gasteiger partial charge on any atom is 0.309 e. The first-order chi connectivity index (χ1) is 8.65. The molecule has 1 fully saturated rings. The van der Waals surface area contributed by atoms with Crippen LogP contribution in [-0.2, 0) is 14.3 Å². The lowest BCUT2D eigenvalue weighted by molar-refractivity contribution is -0.150. The van der Waals surface area contributed by atoms with Crippen molar-refractivity contribution in [3.05, 3.63) is 29.8 Å². The fourth-order valence-corrected chi connectivity index (χ4v) is 3.28. The van der Waals surface area contributed by atoms with Crippen LogP contribution >= 0.6 is 0 Å². The maximum atomic E-state index is 11.8. The molecule has 0 aromatic heterocycles. The summed E-state index contributed by atoms with van der Waals surface area (Å²) < 4.78 is 4.83. The minimum atomic E-state index is -0.170. The third-order valence-corrected chi connectivity index (χ3v) is 4.07. The molecule has 0 saturated heterocycles. The van der Waals surface area contributed by atoms with E-state index in [1.165, 1.54) is 7.11 Å². The average Bonchev–Trinajstić information content (AvgIpc) is 2.58. The van der Waals surface area contributed by atoms with Gasteiger partial charge in [-0.05, 0) is 18.1 Å². The molecule has 3 unspecified atom stereocenters. The molecular formula is C14H15NO3. The van der Waals surface area contributed by atoms with E-state index in [-0.39, 0.29) is 29.8 Å². The number of benzene rings is 1. The zero-order chi connectivity index (χ0) is 12.9. The summed E-state index contributed by atoms with van der Waals surface area (Å²) >= 11 is 0. The van der Waals surface area contributed by atoms with Gasteiger partial charge in [0.15, 0.2) is 0 Å². The van der Waals surface area contributed by atoms with Gasteiger partial charge in [0.1, 0.15) is 0 Å². The zero-order valence-electron chi connectivity index (χ0n) is 10.4. The lowest BCUT2D eigenvalue weighted by Gasteiger charge is -2.41.